The zero-order valence-electron chi connectivity index (χ0n) is 16.5. The van der Waals surface area contributed by atoms with Crippen LogP contribution in [0.15, 0.2) is 55.0 Å². The molecule has 2 heterocycles. The van der Waals surface area contributed by atoms with E-state index in [0.29, 0.717) is 35.7 Å². The molecule has 0 fully saturated rings. The monoisotopic (exact) mass is 421 g/mol. The summed E-state index contributed by atoms with van der Waals surface area (Å²) in [6, 6.07) is 12.0. The van der Waals surface area contributed by atoms with E-state index >= 15 is 0 Å². The topological polar surface area (TPSA) is 118 Å². The molecule has 0 atom stereocenters. The number of unbranched alkanes of at least 4 members (excludes halogenated alkanes) is 1. The van der Waals surface area contributed by atoms with Crippen molar-refractivity contribution in [1.82, 2.24) is 30.4 Å². The van der Waals surface area contributed by atoms with Gasteiger partial charge < -0.3 is 5.32 Å². The number of nitrogens with one attached hydrogen (secondary N) is 2. The van der Waals surface area contributed by atoms with Crippen LogP contribution in [0.5, 0.6) is 0 Å². The average Bonchev–Trinajstić information content (AvgIpc) is 3.27. The molecule has 2 aromatic carbocycles. The van der Waals surface area contributed by atoms with E-state index in [9.17, 15) is 9.18 Å². The van der Waals surface area contributed by atoms with Gasteiger partial charge in [0.2, 0.25) is 5.91 Å². The fourth-order valence-corrected chi connectivity index (χ4v) is 3.16. The van der Waals surface area contributed by atoms with Gasteiger partial charge in [-0.25, -0.2) is 19.8 Å². The van der Waals surface area contributed by atoms with Crippen molar-refractivity contribution in [1.29, 1.82) is 0 Å². The van der Waals surface area contributed by atoms with E-state index in [4.69, 9.17) is 5.21 Å². The molecule has 0 spiro atoms. The van der Waals surface area contributed by atoms with Gasteiger partial charge in [0.1, 0.15) is 23.7 Å². The normalized spacial score (nSPS) is 10.9. The zero-order chi connectivity index (χ0) is 21.6. The predicted molar refractivity (Wildman–Crippen MR) is 112 cm³/mol. The first-order valence-electron chi connectivity index (χ1n) is 9.74. The molecule has 2 aromatic heterocycles. The third-order valence-corrected chi connectivity index (χ3v) is 4.76. The summed E-state index contributed by atoms with van der Waals surface area (Å²) in [5.74, 6) is -0.284. The summed E-state index contributed by atoms with van der Waals surface area (Å²) in [5.41, 5.74) is 4.16. The van der Waals surface area contributed by atoms with Crippen molar-refractivity contribution in [3.63, 3.8) is 0 Å². The van der Waals surface area contributed by atoms with Gasteiger partial charge in [0.05, 0.1) is 17.4 Å². The molecule has 9 nitrogen and oxygen atoms in total. The highest BCUT2D eigenvalue weighted by molar-refractivity contribution is 5.93. The number of fused-ring (bicyclic) bond motifs is 1. The first-order valence-corrected chi connectivity index (χ1v) is 9.74. The number of aromatic nitrogens is 5. The van der Waals surface area contributed by atoms with E-state index in [2.05, 4.69) is 25.6 Å². The average molecular weight is 421 g/mol. The van der Waals surface area contributed by atoms with E-state index in [0.717, 1.165) is 17.4 Å². The number of nitrogens with zero attached hydrogens (tertiary/aromatic N) is 5. The summed E-state index contributed by atoms with van der Waals surface area (Å²) in [6.07, 6.45) is 4.85. The molecule has 0 radical (unpaired) electrons. The molecule has 0 aliphatic rings. The van der Waals surface area contributed by atoms with Gasteiger partial charge in [0.25, 0.3) is 0 Å². The Morgan fingerprint density at radius 1 is 1.13 bits per heavy atom. The van der Waals surface area contributed by atoms with Crippen LogP contribution in [0.25, 0.3) is 22.2 Å². The molecule has 10 heteroatoms. The maximum atomic E-state index is 14.1. The number of anilines is 2. The van der Waals surface area contributed by atoms with Gasteiger partial charge in [0.15, 0.2) is 0 Å². The fraction of sp³-hybridized carbons (Fsp3) is 0.190. The summed E-state index contributed by atoms with van der Waals surface area (Å²) in [6.45, 7) is 0.600. The number of hydrogen-bond acceptors (Lipinski definition) is 7. The number of aryl methyl sites for hydroxylation is 1. The number of amides is 1. The highest BCUT2D eigenvalue weighted by Crippen LogP contribution is 2.28. The second-order valence-electron chi connectivity index (χ2n) is 6.92. The van der Waals surface area contributed by atoms with Crippen molar-refractivity contribution in [3.8, 4) is 11.3 Å². The number of rotatable bonds is 8. The molecule has 0 aliphatic carbocycles. The van der Waals surface area contributed by atoms with Crippen LogP contribution in [-0.4, -0.2) is 36.1 Å². The summed E-state index contributed by atoms with van der Waals surface area (Å²) in [5, 5.41) is 20.6. The number of hydroxylamine groups is 1. The van der Waals surface area contributed by atoms with Crippen molar-refractivity contribution < 1.29 is 14.4 Å². The molecule has 4 rings (SSSR count). The highest BCUT2D eigenvalue weighted by Gasteiger charge is 2.11. The Morgan fingerprint density at radius 2 is 2.00 bits per heavy atom. The standard InChI is InChI=1S/C21H20FN7O2/c22-16-5-1-2-6-18(16)25-21-15-11-14(8-9-17(15)23-13-24-21)19-12-29(28-26-19)10-4-3-7-20(30)27-31/h1-2,5-6,8-9,11-13,31H,3-4,7,10H2,(H,27,30)(H,23,24,25). The molecule has 3 N–H and O–H groups in total. The van der Waals surface area contributed by atoms with Gasteiger partial charge in [-0.3, -0.25) is 14.7 Å². The van der Waals surface area contributed by atoms with Crippen molar-refractivity contribution in [2.45, 2.75) is 25.8 Å². The SMILES string of the molecule is O=C(CCCCn1cc(-c2ccc3ncnc(Nc4ccccc4F)c3c2)nn1)NO. The van der Waals surface area contributed by atoms with Crippen LogP contribution in [0.3, 0.4) is 0 Å². The molecular weight excluding hydrogens is 401 g/mol. The van der Waals surface area contributed by atoms with Gasteiger partial charge in [-0.2, -0.15) is 0 Å². The second-order valence-corrected chi connectivity index (χ2v) is 6.92. The number of carbonyl (C=O) groups is 1. The lowest BCUT2D eigenvalue weighted by Crippen LogP contribution is -2.18. The van der Waals surface area contributed by atoms with E-state index in [1.807, 2.05) is 24.4 Å². The third kappa shape index (κ3) is 4.81. The Labute approximate surface area is 176 Å². The minimum Gasteiger partial charge on any atom is -0.337 e. The highest BCUT2D eigenvalue weighted by atomic mass is 19.1. The number of halogens is 1. The summed E-state index contributed by atoms with van der Waals surface area (Å²) >= 11 is 0. The molecule has 1 amide bonds. The van der Waals surface area contributed by atoms with Crippen molar-refractivity contribution in [3.05, 3.63) is 60.8 Å². The summed E-state index contributed by atoms with van der Waals surface area (Å²) < 4.78 is 15.8. The Kier molecular flexibility index (Phi) is 6.08. The van der Waals surface area contributed by atoms with E-state index < -0.39 is 5.91 Å². The lowest BCUT2D eigenvalue weighted by molar-refractivity contribution is -0.129. The molecule has 0 unspecified atom stereocenters. The summed E-state index contributed by atoms with van der Waals surface area (Å²) in [4.78, 5) is 19.6. The van der Waals surface area contributed by atoms with Crippen molar-refractivity contribution in [2.75, 3.05) is 5.32 Å². The second kappa shape index (κ2) is 9.26. The van der Waals surface area contributed by atoms with Gasteiger partial charge in [-0.05, 0) is 37.1 Å². The smallest absolute Gasteiger partial charge is 0.243 e. The number of benzene rings is 2. The third-order valence-electron chi connectivity index (χ3n) is 4.76. The maximum absolute atomic E-state index is 14.1. The van der Waals surface area contributed by atoms with Crippen LogP contribution in [0.1, 0.15) is 19.3 Å². The van der Waals surface area contributed by atoms with Crippen LogP contribution in [0, 0.1) is 5.82 Å². The predicted octanol–water partition coefficient (Wildman–Crippen LogP) is 3.45. The Balaban J connectivity index is 1.53. The van der Waals surface area contributed by atoms with Crippen LogP contribution in [0.4, 0.5) is 15.9 Å². The Bertz CT molecular complexity index is 1210. The quantitative estimate of drug-likeness (QED) is 0.227. The zero-order valence-corrected chi connectivity index (χ0v) is 16.5. The van der Waals surface area contributed by atoms with E-state index in [1.165, 1.54) is 12.4 Å². The maximum Gasteiger partial charge on any atom is 0.243 e. The fourth-order valence-electron chi connectivity index (χ4n) is 3.16. The first kappa shape index (κ1) is 20.4. The molecule has 0 aliphatic heterocycles. The minimum absolute atomic E-state index is 0.251. The number of para-hydroxylation sites is 1. The largest absolute Gasteiger partial charge is 0.337 e. The molecule has 158 valence electrons. The molecule has 0 bridgehead atoms. The number of hydrogen-bond donors (Lipinski definition) is 3. The van der Waals surface area contributed by atoms with Crippen LogP contribution in [0.2, 0.25) is 0 Å². The van der Waals surface area contributed by atoms with Gasteiger partial charge in [-0.15, -0.1) is 5.10 Å². The number of carbonyl (C=O) groups excluding carboxylic acids is 1. The van der Waals surface area contributed by atoms with Gasteiger partial charge in [-0.1, -0.05) is 23.4 Å². The van der Waals surface area contributed by atoms with Crippen LogP contribution in [-0.2, 0) is 11.3 Å². The lowest BCUT2D eigenvalue weighted by Gasteiger charge is -2.09. The minimum atomic E-state index is -0.405. The molecule has 0 saturated heterocycles. The van der Waals surface area contributed by atoms with Crippen LogP contribution < -0.4 is 10.8 Å². The van der Waals surface area contributed by atoms with E-state index in [-0.39, 0.29) is 12.2 Å². The van der Waals surface area contributed by atoms with Crippen molar-refractivity contribution >= 4 is 28.3 Å². The summed E-state index contributed by atoms with van der Waals surface area (Å²) in [7, 11) is 0. The molecule has 4 aromatic rings. The van der Waals surface area contributed by atoms with E-state index in [1.54, 1.807) is 28.4 Å². The first-order chi connectivity index (χ1) is 15.1. The lowest BCUT2D eigenvalue weighted by atomic mass is 10.1. The Morgan fingerprint density at radius 3 is 2.84 bits per heavy atom. The molecule has 31 heavy (non-hydrogen) atoms. The molecular formula is C21H20FN7O2. The van der Waals surface area contributed by atoms with Gasteiger partial charge >= 0.3 is 0 Å². The van der Waals surface area contributed by atoms with Crippen LogP contribution >= 0.6 is 0 Å². The van der Waals surface area contributed by atoms with Crippen molar-refractivity contribution in [2.24, 2.45) is 0 Å². The molecule has 0 saturated carbocycles. The Hall–Kier alpha value is -3.92. The van der Waals surface area contributed by atoms with Gasteiger partial charge in [0, 0.05) is 23.9 Å².